The van der Waals surface area contributed by atoms with E-state index in [0.29, 0.717) is 17.4 Å². The molecule has 0 aliphatic rings. The fourth-order valence-corrected chi connectivity index (χ4v) is 8.88. The molecule has 0 heterocycles. The summed E-state index contributed by atoms with van der Waals surface area (Å²) in [6.07, 6.45) is 55.2. The molecule has 0 aliphatic carbocycles. The maximum absolute atomic E-state index is 13.5. The Labute approximate surface area is 415 Å². The van der Waals surface area contributed by atoms with Crippen molar-refractivity contribution < 1.29 is 37.3 Å². The highest BCUT2D eigenvalue weighted by Gasteiger charge is 2.27. The van der Waals surface area contributed by atoms with Crippen molar-refractivity contribution in [1.82, 2.24) is 5.32 Å². The van der Waals surface area contributed by atoms with Gasteiger partial charge in [0.2, 0.25) is 5.91 Å². The number of likely N-dealkylation sites (N-methyl/N-ethyl adjacent to an activating group) is 1. The Hall–Kier alpha value is -1.77. The Bertz CT molecular complexity index is 1250. The van der Waals surface area contributed by atoms with Gasteiger partial charge >= 0.3 is 5.97 Å². The van der Waals surface area contributed by atoms with Gasteiger partial charge in [-0.25, -0.2) is 0 Å². The van der Waals surface area contributed by atoms with Gasteiger partial charge in [0, 0.05) is 12.8 Å². The molecule has 0 spiro atoms. The molecule has 0 radical (unpaired) electrons. The van der Waals surface area contributed by atoms with Crippen LogP contribution in [0, 0.1) is 0 Å². The van der Waals surface area contributed by atoms with Crippen molar-refractivity contribution in [2.24, 2.45) is 0 Å². The summed E-state index contributed by atoms with van der Waals surface area (Å²) in [6, 6.07) is -0.887. The fraction of sp³-hybridized carbons (Fsp3) is 0.860. The molecule has 67 heavy (non-hydrogen) atoms. The van der Waals surface area contributed by atoms with Gasteiger partial charge in [-0.2, -0.15) is 0 Å². The number of amides is 1. The summed E-state index contributed by atoms with van der Waals surface area (Å²) in [4.78, 5) is 39.8. The summed E-state index contributed by atoms with van der Waals surface area (Å²) in [7, 11) is 1.18. The van der Waals surface area contributed by atoms with Gasteiger partial charge in [-0.05, 0) is 57.4 Å². The SMILES string of the molecule is CCCCC/C=C/C=C/CCCCCCCCC(=O)OC(/C=C/CCCCCCCCCCCCC)C(COP(=O)([O-])OCC[N+](C)(C)C)NC(=O)CCCCCCCCCCCCCCC. The third kappa shape index (κ3) is 49.0. The Morgan fingerprint density at radius 3 is 1.34 bits per heavy atom. The number of unbranched alkanes of at least 4 members (excludes halogenated alkanes) is 32. The second-order valence-electron chi connectivity index (χ2n) is 20.5. The number of esters is 1. The van der Waals surface area contributed by atoms with Gasteiger partial charge in [-0.15, -0.1) is 0 Å². The predicted molar refractivity (Wildman–Crippen MR) is 284 cm³/mol. The van der Waals surface area contributed by atoms with E-state index in [0.717, 1.165) is 77.0 Å². The lowest BCUT2D eigenvalue weighted by atomic mass is 10.0. The molecule has 0 aromatic heterocycles. The number of phosphoric acid groups is 1. The zero-order valence-electron chi connectivity index (χ0n) is 44.9. The highest BCUT2D eigenvalue weighted by atomic mass is 31.2. The van der Waals surface area contributed by atoms with Crippen LogP contribution >= 0.6 is 7.82 Å². The highest BCUT2D eigenvalue weighted by molar-refractivity contribution is 7.45. The highest BCUT2D eigenvalue weighted by Crippen LogP contribution is 2.38. The summed E-state index contributed by atoms with van der Waals surface area (Å²) in [5, 5.41) is 3.02. The van der Waals surface area contributed by atoms with Crippen molar-refractivity contribution in [2.45, 2.75) is 277 Å². The van der Waals surface area contributed by atoms with Crippen LogP contribution in [-0.4, -0.2) is 69.4 Å². The van der Waals surface area contributed by atoms with Crippen LogP contribution < -0.4 is 10.2 Å². The van der Waals surface area contributed by atoms with Crippen molar-refractivity contribution in [3.8, 4) is 0 Å². The number of allylic oxidation sites excluding steroid dienone is 5. The minimum absolute atomic E-state index is 0.0223. The summed E-state index contributed by atoms with van der Waals surface area (Å²) in [5.41, 5.74) is 0. The molecule has 10 heteroatoms. The molecule has 0 fully saturated rings. The van der Waals surface area contributed by atoms with Crippen LogP contribution in [-0.2, 0) is 27.9 Å². The van der Waals surface area contributed by atoms with Crippen molar-refractivity contribution in [1.29, 1.82) is 0 Å². The van der Waals surface area contributed by atoms with Crippen molar-refractivity contribution in [3.05, 3.63) is 36.5 Å². The Balaban J connectivity index is 5.40. The number of carbonyl (C=O) groups excluding carboxylic acids is 2. The third-order valence-corrected chi connectivity index (χ3v) is 13.6. The van der Waals surface area contributed by atoms with E-state index in [1.165, 1.54) is 154 Å². The minimum Gasteiger partial charge on any atom is -0.756 e. The maximum Gasteiger partial charge on any atom is 0.306 e. The number of carbonyl (C=O) groups is 2. The standard InChI is InChI=1S/C57H109N2O7P/c1-7-10-13-16-19-22-25-28-29-32-35-38-41-44-47-50-57(61)66-55(48-45-42-39-36-33-30-26-23-20-17-14-11-8-2)54(53-65-67(62,63)64-52-51-59(4,5)6)58-56(60)49-46-43-40-37-34-31-27-24-21-18-15-12-9-3/h19,22,25,28,45,48,54-55H,7-18,20-21,23-24,26-27,29-44,46-47,49-53H2,1-6H3,(H-,58,60,62,63)/b22-19+,28-25+,48-45+. The smallest absolute Gasteiger partial charge is 0.306 e. The number of nitrogens with zero attached hydrogens (tertiary/aromatic N) is 1. The molecule has 0 bridgehead atoms. The second kappa shape index (κ2) is 47.9. The normalized spacial score (nSPS) is 14.1. The van der Waals surface area contributed by atoms with Crippen LogP contribution in [0.25, 0.3) is 0 Å². The fourth-order valence-electron chi connectivity index (χ4n) is 8.16. The average Bonchev–Trinajstić information content (AvgIpc) is 3.28. The van der Waals surface area contributed by atoms with Gasteiger partial charge in [0.05, 0.1) is 33.8 Å². The van der Waals surface area contributed by atoms with Crippen molar-refractivity contribution in [3.63, 3.8) is 0 Å². The summed E-state index contributed by atoms with van der Waals surface area (Å²) in [6.45, 7) is 6.82. The van der Waals surface area contributed by atoms with E-state index in [4.69, 9.17) is 13.8 Å². The van der Waals surface area contributed by atoms with Crippen molar-refractivity contribution >= 4 is 19.7 Å². The predicted octanol–water partition coefficient (Wildman–Crippen LogP) is 16.1. The van der Waals surface area contributed by atoms with Crippen LogP contribution in [0.5, 0.6) is 0 Å². The molecule has 1 N–H and O–H groups in total. The number of nitrogens with one attached hydrogen (secondary N) is 1. The van der Waals surface area contributed by atoms with E-state index in [1.54, 1.807) is 0 Å². The van der Waals surface area contributed by atoms with E-state index < -0.39 is 20.0 Å². The van der Waals surface area contributed by atoms with Gasteiger partial charge in [0.15, 0.2) is 0 Å². The molecular weight excluding hydrogens is 856 g/mol. The molecule has 0 saturated heterocycles. The molecule has 3 atom stereocenters. The van der Waals surface area contributed by atoms with Gasteiger partial charge < -0.3 is 28.5 Å². The first-order valence-electron chi connectivity index (χ1n) is 28.3. The second-order valence-corrected chi connectivity index (χ2v) is 21.9. The number of hydrogen-bond acceptors (Lipinski definition) is 7. The zero-order valence-corrected chi connectivity index (χ0v) is 45.8. The lowest BCUT2D eigenvalue weighted by molar-refractivity contribution is -0.870. The summed E-state index contributed by atoms with van der Waals surface area (Å²) in [5.74, 6) is -0.546. The van der Waals surface area contributed by atoms with Gasteiger partial charge in [-0.1, -0.05) is 231 Å². The lowest BCUT2D eigenvalue weighted by Gasteiger charge is -2.30. The topological polar surface area (TPSA) is 114 Å². The molecule has 1 amide bonds. The van der Waals surface area contributed by atoms with E-state index in [1.807, 2.05) is 33.3 Å². The number of ether oxygens (including phenoxy) is 1. The number of quaternary nitrogens is 1. The summed E-state index contributed by atoms with van der Waals surface area (Å²) < 4.78 is 30.2. The number of rotatable bonds is 51. The van der Waals surface area contributed by atoms with Crippen molar-refractivity contribution in [2.75, 3.05) is 40.9 Å². The lowest BCUT2D eigenvalue weighted by Crippen LogP contribution is -2.47. The zero-order chi connectivity index (χ0) is 49.4. The van der Waals surface area contributed by atoms with Crippen LogP contribution in [0.15, 0.2) is 36.5 Å². The van der Waals surface area contributed by atoms with E-state index >= 15 is 0 Å². The first kappa shape index (κ1) is 65.2. The Morgan fingerprint density at radius 2 is 0.896 bits per heavy atom. The van der Waals surface area contributed by atoms with Gasteiger partial charge in [0.1, 0.15) is 19.3 Å². The number of phosphoric ester groups is 1. The molecule has 394 valence electrons. The molecule has 0 saturated carbocycles. The van der Waals surface area contributed by atoms with E-state index in [2.05, 4.69) is 50.4 Å². The first-order chi connectivity index (χ1) is 32.4. The molecule has 0 aromatic rings. The van der Waals surface area contributed by atoms with Crippen LogP contribution in [0.2, 0.25) is 0 Å². The van der Waals surface area contributed by atoms with E-state index in [-0.39, 0.29) is 31.5 Å². The average molecular weight is 965 g/mol. The van der Waals surface area contributed by atoms with Crippen LogP contribution in [0.3, 0.4) is 0 Å². The largest absolute Gasteiger partial charge is 0.756 e. The molecule has 0 aliphatic heterocycles. The maximum atomic E-state index is 13.5. The van der Waals surface area contributed by atoms with Gasteiger partial charge in [-0.3, -0.25) is 14.2 Å². The Kier molecular flexibility index (Phi) is 46.6. The summed E-state index contributed by atoms with van der Waals surface area (Å²) >= 11 is 0. The quantitative estimate of drug-likeness (QED) is 0.0161. The third-order valence-electron chi connectivity index (χ3n) is 12.6. The monoisotopic (exact) mass is 965 g/mol. The van der Waals surface area contributed by atoms with Crippen LogP contribution in [0.4, 0.5) is 0 Å². The molecule has 3 unspecified atom stereocenters. The van der Waals surface area contributed by atoms with Crippen LogP contribution in [0.1, 0.15) is 265 Å². The molecular formula is C57H109N2O7P. The first-order valence-corrected chi connectivity index (χ1v) is 29.8. The Morgan fingerprint density at radius 1 is 0.522 bits per heavy atom. The number of hydrogen-bond donors (Lipinski definition) is 1. The molecule has 9 nitrogen and oxygen atoms in total. The van der Waals surface area contributed by atoms with Gasteiger partial charge in [0.25, 0.3) is 7.82 Å². The molecule has 0 aromatic carbocycles. The van der Waals surface area contributed by atoms with E-state index in [9.17, 15) is 19.0 Å². The minimum atomic E-state index is -4.69. The molecule has 0 rings (SSSR count).